The molecule has 0 fully saturated rings. The number of carbonyl (C=O) groups excluding carboxylic acids is 1. The topological polar surface area (TPSA) is 81.8 Å². The molecule has 0 aliphatic carbocycles. The maximum atomic E-state index is 12.6. The Balaban J connectivity index is 1.81. The van der Waals surface area contributed by atoms with Gasteiger partial charge in [-0.15, -0.1) is 0 Å². The fourth-order valence-corrected chi connectivity index (χ4v) is 2.76. The van der Waals surface area contributed by atoms with Crippen LogP contribution in [0.4, 0.5) is 0 Å². The van der Waals surface area contributed by atoms with Gasteiger partial charge in [-0.2, -0.15) is 10.2 Å². The summed E-state index contributed by atoms with van der Waals surface area (Å²) in [6.45, 7) is 9.26. The Morgan fingerprint density at radius 3 is 2.55 bits per heavy atom. The van der Waals surface area contributed by atoms with E-state index in [4.69, 9.17) is 0 Å². The average molecular weight is 393 g/mol. The Morgan fingerprint density at radius 1 is 1.17 bits per heavy atom. The van der Waals surface area contributed by atoms with Crippen molar-refractivity contribution in [2.75, 3.05) is 6.54 Å². The van der Waals surface area contributed by atoms with Gasteiger partial charge in [-0.25, -0.2) is 9.36 Å². The van der Waals surface area contributed by atoms with Gasteiger partial charge in [0.1, 0.15) is 5.69 Å². The number of hydrogen-bond donors (Lipinski definition) is 1. The fraction of sp³-hybridized carbons (Fsp3) is 0.364. The summed E-state index contributed by atoms with van der Waals surface area (Å²) < 4.78 is 3.04. The number of carbonyl (C=O) groups is 1. The van der Waals surface area contributed by atoms with E-state index >= 15 is 0 Å². The van der Waals surface area contributed by atoms with E-state index in [-0.39, 0.29) is 11.5 Å². The first kappa shape index (κ1) is 20.5. The molecule has 1 N–H and O–H groups in total. The summed E-state index contributed by atoms with van der Waals surface area (Å²) in [5.41, 5.74) is 3.16. The minimum Gasteiger partial charge on any atom is -0.352 e. The molecule has 2 aliphatic heterocycles. The summed E-state index contributed by atoms with van der Waals surface area (Å²) in [5.74, 6) is 0.358. The second-order valence-electron chi connectivity index (χ2n) is 7.53. The van der Waals surface area contributed by atoms with Crippen molar-refractivity contribution in [1.29, 1.82) is 0 Å². The highest BCUT2D eigenvalue weighted by atomic mass is 16.1. The Hall–Kier alpha value is -3.22. The molecule has 0 spiro atoms. The number of allylic oxidation sites excluding steroid dienone is 2. The number of aromatic nitrogens is 4. The van der Waals surface area contributed by atoms with Gasteiger partial charge in [0.2, 0.25) is 0 Å². The van der Waals surface area contributed by atoms with Gasteiger partial charge in [0.25, 0.3) is 11.5 Å². The van der Waals surface area contributed by atoms with E-state index in [2.05, 4.69) is 29.4 Å². The van der Waals surface area contributed by atoms with Gasteiger partial charge in [-0.05, 0) is 50.1 Å². The molecule has 0 saturated carbocycles. The van der Waals surface area contributed by atoms with Crippen molar-refractivity contribution in [3.8, 4) is 17.1 Å². The van der Waals surface area contributed by atoms with E-state index in [0.29, 0.717) is 36.0 Å². The van der Waals surface area contributed by atoms with Crippen LogP contribution in [-0.2, 0) is 6.54 Å². The molecule has 0 aromatic heterocycles. The SMILES string of the molecule is CCC(C)CNC(=O)c1ccc(-n2ccc3nn(CC=C(C)C)c(=O)c-3n2)cc1. The van der Waals surface area contributed by atoms with Gasteiger partial charge in [-0.3, -0.25) is 9.59 Å². The lowest BCUT2D eigenvalue weighted by molar-refractivity contribution is 0.0948. The van der Waals surface area contributed by atoms with E-state index in [1.54, 1.807) is 29.1 Å². The van der Waals surface area contributed by atoms with Gasteiger partial charge in [0.15, 0.2) is 5.69 Å². The van der Waals surface area contributed by atoms with E-state index in [1.807, 2.05) is 32.1 Å². The third-order valence-electron chi connectivity index (χ3n) is 4.86. The molecule has 3 rings (SSSR count). The Kier molecular flexibility index (Phi) is 6.26. The first-order chi connectivity index (χ1) is 13.9. The Bertz CT molecular complexity index is 1040. The highest BCUT2D eigenvalue weighted by Gasteiger charge is 2.17. The minimum absolute atomic E-state index is 0.0901. The van der Waals surface area contributed by atoms with Crippen molar-refractivity contribution in [3.63, 3.8) is 0 Å². The van der Waals surface area contributed by atoms with Gasteiger partial charge < -0.3 is 5.32 Å². The van der Waals surface area contributed by atoms with Crippen molar-refractivity contribution < 1.29 is 4.79 Å². The smallest absolute Gasteiger partial charge is 0.297 e. The van der Waals surface area contributed by atoms with Crippen LogP contribution in [-0.4, -0.2) is 32.0 Å². The summed E-state index contributed by atoms with van der Waals surface area (Å²) in [4.78, 5) is 24.8. The van der Waals surface area contributed by atoms with Gasteiger partial charge in [-0.1, -0.05) is 31.9 Å². The molecule has 7 heteroatoms. The zero-order valence-electron chi connectivity index (χ0n) is 17.3. The maximum Gasteiger partial charge on any atom is 0.297 e. The van der Waals surface area contributed by atoms with Crippen molar-refractivity contribution in [2.45, 2.75) is 40.7 Å². The van der Waals surface area contributed by atoms with Crippen LogP contribution in [0.1, 0.15) is 44.5 Å². The molecule has 7 nitrogen and oxygen atoms in total. The zero-order valence-corrected chi connectivity index (χ0v) is 17.3. The molecule has 1 aromatic carbocycles. The number of nitrogens with one attached hydrogen (secondary N) is 1. The van der Waals surface area contributed by atoms with Crippen LogP contribution >= 0.6 is 0 Å². The molecule has 1 atom stereocenters. The Morgan fingerprint density at radius 2 is 1.90 bits per heavy atom. The van der Waals surface area contributed by atoms with E-state index < -0.39 is 0 Å². The number of benzene rings is 1. The third kappa shape index (κ3) is 4.80. The van der Waals surface area contributed by atoms with Gasteiger partial charge >= 0.3 is 0 Å². The van der Waals surface area contributed by atoms with Crippen LogP contribution in [0.5, 0.6) is 0 Å². The minimum atomic E-state index is -0.215. The first-order valence-electron chi connectivity index (χ1n) is 9.87. The molecule has 0 bridgehead atoms. The molecular formula is C22H27N5O2. The lowest BCUT2D eigenvalue weighted by atomic mass is 10.1. The van der Waals surface area contributed by atoms with Gasteiger partial charge in [0.05, 0.1) is 12.2 Å². The lowest BCUT2D eigenvalue weighted by Gasteiger charge is -2.11. The van der Waals surface area contributed by atoms with Crippen LogP contribution in [0.15, 0.2) is 53.0 Å². The summed E-state index contributed by atoms with van der Waals surface area (Å²) in [5, 5.41) is 11.7. The van der Waals surface area contributed by atoms with Crippen LogP contribution < -0.4 is 10.9 Å². The number of hydrogen-bond acceptors (Lipinski definition) is 4. The molecule has 0 radical (unpaired) electrons. The second-order valence-corrected chi connectivity index (χ2v) is 7.53. The van der Waals surface area contributed by atoms with Crippen molar-refractivity contribution in [3.05, 3.63) is 64.1 Å². The molecule has 1 aromatic rings. The third-order valence-corrected chi connectivity index (χ3v) is 4.86. The molecule has 2 heterocycles. The van der Waals surface area contributed by atoms with Crippen LogP contribution in [0, 0.1) is 5.92 Å². The van der Waals surface area contributed by atoms with Gasteiger partial charge in [0, 0.05) is 18.3 Å². The first-order valence-corrected chi connectivity index (χ1v) is 9.87. The molecule has 29 heavy (non-hydrogen) atoms. The number of fused-ring (bicyclic) bond motifs is 1. The van der Waals surface area contributed by atoms with E-state index in [9.17, 15) is 9.59 Å². The lowest BCUT2D eigenvalue weighted by Crippen LogP contribution is -2.28. The second kappa shape index (κ2) is 8.86. The number of nitrogens with zero attached hydrogens (tertiary/aromatic N) is 4. The van der Waals surface area contributed by atoms with Crippen molar-refractivity contribution in [1.82, 2.24) is 24.9 Å². The highest BCUT2D eigenvalue weighted by Crippen LogP contribution is 2.15. The number of amides is 1. The molecule has 0 saturated heterocycles. The Labute approximate surface area is 170 Å². The van der Waals surface area contributed by atoms with Crippen LogP contribution in [0.2, 0.25) is 0 Å². The summed E-state index contributed by atoms with van der Waals surface area (Å²) in [7, 11) is 0. The molecular weight excluding hydrogens is 366 g/mol. The fourth-order valence-electron chi connectivity index (χ4n) is 2.76. The average Bonchev–Trinajstić information content (AvgIpc) is 3.05. The van der Waals surface area contributed by atoms with E-state index in [1.165, 1.54) is 4.68 Å². The number of rotatable bonds is 7. The molecule has 2 aliphatic rings. The molecule has 1 amide bonds. The standard InChI is InChI=1S/C22H27N5O2/c1-5-16(4)14-23-21(28)17-6-8-18(9-7-17)26-13-11-19-20(25-26)22(29)27(24-19)12-10-15(2)3/h6-11,13,16H,5,12,14H2,1-4H3,(H,23,28). The van der Waals surface area contributed by atoms with Crippen molar-refractivity contribution in [2.24, 2.45) is 5.92 Å². The predicted molar refractivity (Wildman–Crippen MR) is 113 cm³/mol. The highest BCUT2D eigenvalue weighted by molar-refractivity contribution is 5.94. The quantitative estimate of drug-likeness (QED) is 0.625. The normalized spacial score (nSPS) is 12.0. The van der Waals surface area contributed by atoms with Crippen LogP contribution in [0.25, 0.3) is 17.1 Å². The summed E-state index contributed by atoms with van der Waals surface area (Å²) >= 11 is 0. The maximum absolute atomic E-state index is 12.6. The van der Waals surface area contributed by atoms with E-state index in [0.717, 1.165) is 17.7 Å². The summed E-state index contributed by atoms with van der Waals surface area (Å²) in [6, 6.07) is 8.92. The van der Waals surface area contributed by atoms with Crippen LogP contribution in [0.3, 0.4) is 0 Å². The summed E-state index contributed by atoms with van der Waals surface area (Å²) in [6.07, 6.45) is 4.74. The zero-order chi connectivity index (χ0) is 21.0. The molecule has 1 unspecified atom stereocenters. The predicted octanol–water partition coefficient (Wildman–Crippen LogP) is 3.28. The monoisotopic (exact) mass is 393 g/mol. The van der Waals surface area contributed by atoms with Crippen molar-refractivity contribution >= 4 is 5.91 Å². The largest absolute Gasteiger partial charge is 0.352 e. The molecule has 152 valence electrons.